The molecule has 4 nitrogen and oxygen atoms in total. The molecule has 3 heterocycles. The van der Waals surface area contributed by atoms with Crippen molar-refractivity contribution in [1.82, 2.24) is 9.36 Å². The highest BCUT2D eigenvalue weighted by Crippen LogP contribution is 2.42. The molecule has 0 N–H and O–H groups in total. The van der Waals surface area contributed by atoms with Gasteiger partial charge in [-0.3, -0.25) is 0 Å². The van der Waals surface area contributed by atoms with Gasteiger partial charge in [0.2, 0.25) is 5.95 Å². The number of fused-ring (bicyclic) bond motifs is 1. The highest BCUT2D eigenvalue weighted by Gasteiger charge is 2.40. The first kappa shape index (κ1) is 13.8. The molecule has 5 rings (SSSR count). The lowest BCUT2D eigenvalue weighted by Gasteiger charge is -2.44. The predicted molar refractivity (Wildman–Crippen MR) is 91.5 cm³/mol. The molecular weight excluding hydrogens is 306 g/mol. The van der Waals surface area contributed by atoms with E-state index < -0.39 is 0 Å². The van der Waals surface area contributed by atoms with Crippen LogP contribution in [0.4, 0.5) is 5.95 Å². The van der Waals surface area contributed by atoms with Gasteiger partial charge >= 0.3 is 0 Å². The summed E-state index contributed by atoms with van der Waals surface area (Å²) in [5.41, 5.74) is 1.39. The molecule has 2 aromatic rings. The van der Waals surface area contributed by atoms with Crippen molar-refractivity contribution in [3.63, 3.8) is 0 Å². The minimum Gasteiger partial charge on any atom is -0.487 e. The molecule has 0 atom stereocenters. The van der Waals surface area contributed by atoms with Gasteiger partial charge in [0.25, 0.3) is 0 Å². The summed E-state index contributed by atoms with van der Waals surface area (Å²) in [6, 6.07) is 8.49. The lowest BCUT2D eigenvalue weighted by atomic mass is 9.83. The van der Waals surface area contributed by atoms with E-state index in [1.54, 1.807) is 11.5 Å². The van der Waals surface area contributed by atoms with Gasteiger partial charge < -0.3 is 9.64 Å². The van der Waals surface area contributed by atoms with Crippen LogP contribution in [-0.2, 0) is 6.42 Å². The van der Waals surface area contributed by atoms with Gasteiger partial charge in [0.05, 0.1) is 0 Å². The summed E-state index contributed by atoms with van der Waals surface area (Å²) in [5, 5.41) is 1.24. The van der Waals surface area contributed by atoms with Gasteiger partial charge in [0.1, 0.15) is 16.4 Å². The Labute approximate surface area is 140 Å². The number of nitrogens with zero attached hydrogens (tertiary/aromatic N) is 3. The maximum atomic E-state index is 6.43. The summed E-state index contributed by atoms with van der Waals surface area (Å²) in [6.45, 7) is 2.01. The summed E-state index contributed by atoms with van der Waals surface area (Å²) < 4.78 is 11.0. The molecule has 1 saturated heterocycles. The standard InChI is InChI=1S/C18H21N3OS/c1-2-4-15-13(3-1)7-8-18(22-15)9-11-21(12-10-18)17-19-16(23-20-17)14-5-6-14/h1-4,14H,5-12H2. The average molecular weight is 327 g/mol. The van der Waals surface area contributed by atoms with E-state index in [0.29, 0.717) is 5.92 Å². The SMILES string of the molecule is c1ccc2c(c1)CCC1(CCN(c3nsc(C4CC4)n3)CC1)O2. The summed E-state index contributed by atoms with van der Waals surface area (Å²) in [6.07, 6.45) is 7.00. The third-order valence-corrected chi connectivity index (χ3v) is 6.33. The Bertz CT molecular complexity index is 717. The second-order valence-electron chi connectivity index (χ2n) is 7.09. The minimum atomic E-state index is 0.0280. The number of rotatable bonds is 2. The van der Waals surface area contributed by atoms with Gasteiger partial charge in [-0.15, -0.1) is 0 Å². The van der Waals surface area contributed by atoms with Crippen LogP contribution in [0.25, 0.3) is 0 Å². The van der Waals surface area contributed by atoms with E-state index in [2.05, 4.69) is 33.5 Å². The van der Waals surface area contributed by atoms with Crippen LogP contribution in [0.15, 0.2) is 24.3 Å². The number of hydrogen-bond donors (Lipinski definition) is 0. The molecular formula is C18H21N3OS. The molecule has 1 aliphatic carbocycles. The van der Waals surface area contributed by atoms with Crippen LogP contribution >= 0.6 is 11.5 Å². The lowest BCUT2D eigenvalue weighted by Crippen LogP contribution is -2.50. The quantitative estimate of drug-likeness (QED) is 0.841. The fourth-order valence-corrected chi connectivity index (χ4v) is 4.61. The number of aromatic nitrogens is 2. The first-order valence-electron chi connectivity index (χ1n) is 8.67. The van der Waals surface area contributed by atoms with E-state index in [1.165, 1.54) is 23.4 Å². The third kappa shape index (κ3) is 2.51. The molecule has 5 heteroatoms. The summed E-state index contributed by atoms with van der Waals surface area (Å²) in [4.78, 5) is 7.10. The molecule has 3 aliphatic rings. The fourth-order valence-electron chi connectivity index (χ4n) is 3.77. The van der Waals surface area contributed by atoms with Crippen LogP contribution in [0.3, 0.4) is 0 Å². The number of ether oxygens (including phenoxy) is 1. The number of para-hydroxylation sites is 1. The maximum absolute atomic E-state index is 6.43. The van der Waals surface area contributed by atoms with Crippen LogP contribution < -0.4 is 9.64 Å². The van der Waals surface area contributed by atoms with Crippen molar-refractivity contribution >= 4 is 17.5 Å². The molecule has 120 valence electrons. The largest absolute Gasteiger partial charge is 0.487 e. The molecule has 23 heavy (non-hydrogen) atoms. The molecule has 1 saturated carbocycles. The summed E-state index contributed by atoms with van der Waals surface area (Å²) >= 11 is 1.60. The molecule has 0 unspecified atom stereocenters. The second-order valence-corrected chi connectivity index (χ2v) is 7.87. The van der Waals surface area contributed by atoms with Crippen molar-refractivity contribution in [1.29, 1.82) is 0 Å². The van der Waals surface area contributed by atoms with E-state index >= 15 is 0 Å². The van der Waals surface area contributed by atoms with E-state index in [4.69, 9.17) is 9.72 Å². The first-order valence-corrected chi connectivity index (χ1v) is 9.44. The summed E-state index contributed by atoms with van der Waals surface area (Å²) in [7, 11) is 0. The summed E-state index contributed by atoms with van der Waals surface area (Å²) in [5.74, 6) is 2.74. The molecule has 0 bridgehead atoms. The van der Waals surface area contributed by atoms with Crippen LogP contribution in [0.2, 0.25) is 0 Å². The van der Waals surface area contributed by atoms with Gasteiger partial charge in [-0.05, 0) is 48.8 Å². The highest BCUT2D eigenvalue weighted by atomic mass is 32.1. The zero-order valence-corrected chi connectivity index (χ0v) is 14.0. The molecule has 1 aromatic carbocycles. The van der Waals surface area contributed by atoms with Crippen LogP contribution in [-0.4, -0.2) is 28.0 Å². The van der Waals surface area contributed by atoms with Crippen molar-refractivity contribution in [2.45, 2.75) is 50.0 Å². The predicted octanol–water partition coefficient (Wildman–Crippen LogP) is 3.78. The number of benzene rings is 1. The van der Waals surface area contributed by atoms with Gasteiger partial charge in [-0.2, -0.15) is 4.37 Å². The zero-order chi connectivity index (χ0) is 15.3. The normalized spacial score (nSPS) is 22.7. The smallest absolute Gasteiger partial charge is 0.237 e. The van der Waals surface area contributed by atoms with Crippen molar-refractivity contribution < 1.29 is 4.74 Å². The van der Waals surface area contributed by atoms with Crippen LogP contribution in [0.5, 0.6) is 5.75 Å². The van der Waals surface area contributed by atoms with Crippen LogP contribution in [0.1, 0.15) is 48.6 Å². The number of anilines is 1. The number of aryl methyl sites for hydroxylation is 1. The monoisotopic (exact) mass is 327 g/mol. The van der Waals surface area contributed by atoms with E-state index in [9.17, 15) is 0 Å². The van der Waals surface area contributed by atoms with E-state index in [-0.39, 0.29) is 5.60 Å². The Balaban J connectivity index is 1.28. The van der Waals surface area contributed by atoms with Crippen molar-refractivity contribution in [3.05, 3.63) is 34.8 Å². The Morgan fingerprint density at radius 2 is 1.96 bits per heavy atom. The molecule has 2 fully saturated rings. The highest BCUT2D eigenvalue weighted by molar-refractivity contribution is 7.05. The second kappa shape index (κ2) is 5.20. The van der Waals surface area contributed by atoms with Gasteiger partial charge in [0.15, 0.2) is 0 Å². The Morgan fingerprint density at radius 1 is 1.13 bits per heavy atom. The Hall–Kier alpha value is -1.62. The first-order chi connectivity index (χ1) is 11.3. The average Bonchev–Trinajstić information content (AvgIpc) is 3.33. The van der Waals surface area contributed by atoms with Gasteiger partial charge in [0, 0.05) is 31.8 Å². The number of piperidine rings is 1. The van der Waals surface area contributed by atoms with E-state index in [1.807, 2.05) is 0 Å². The molecule has 0 radical (unpaired) electrons. The van der Waals surface area contributed by atoms with Crippen molar-refractivity contribution in [2.75, 3.05) is 18.0 Å². The molecule has 1 spiro atoms. The van der Waals surface area contributed by atoms with Crippen molar-refractivity contribution in [2.24, 2.45) is 0 Å². The molecule has 2 aliphatic heterocycles. The zero-order valence-electron chi connectivity index (χ0n) is 13.2. The third-order valence-electron chi connectivity index (χ3n) is 5.46. The van der Waals surface area contributed by atoms with E-state index in [0.717, 1.165) is 50.5 Å². The van der Waals surface area contributed by atoms with Gasteiger partial charge in [-0.1, -0.05) is 18.2 Å². The van der Waals surface area contributed by atoms with Crippen molar-refractivity contribution in [3.8, 4) is 5.75 Å². The number of hydrogen-bond acceptors (Lipinski definition) is 5. The topological polar surface area (TPSA) is 38.2 Å². The fraction of sp³-hybridized carbons (Fsp3) is 0.556. The minimum absolute atomic E-state index is 0.0280. The molecule has 1 aromatic heterocycles. The lowest BCUT2D eigenvalue weighted by molar-refractivity contribution is 0.0224. The Morgan fingerprint density at radius 3 is 2.78 bits per heavy atom. The maximum Gasteiger partial charge on any atom is 0.237 e. The molecule has 0 amide bonds. The van der Waals surface area contributed by atoms with Crippen LogP contribution in [0, 0.1) is 0 Å². The van der Waals surface area contributed by atoms with Gasteiger partial charge in [-0.25, -0.2) is 4.98 Å². The Kier molecular flexibility index (Phi) is 3.11.